The van der Waals surface area contributed by atoms with E-state index in [1.54, 1.807) is 0 Å². The standard InChI is InChI=1S/C15H24O/c1-2-3-4-5-6-7-8-9-10-11-12-13-14-15-16/h6-7,9-10,12-13,15H,2-5,8,11,14H2,1H3. The van der Waals surface area contributed by atoms with Gasteiger partial charge in [-0.25, -0.2) is 0 Å². The molecule has 0 amide bonds. The van der Waals surface area contributed by atoms with Crippen LogP contribution in [-0.2, 0) is 4.79 Å². The predicted octanol–water partition coefficient (Wildman–Crippen LogP) is 4.60. The Morgan fingerprint density at radius 2 is 1.31 bits per heavy atom. The summed E-state index contributed by atoms with van der Waals surface area (Å²) in [5.74, 6) is 0. The summed E-state index contributed by atoms with van der Waals surface area (Å²) in [7, 11) is 0. The molecule has 0 saturated heterocycles. The zero-order valence-corrected chi connectivity index (χ0v) is 10.4. The summed E-state index contributed by atoms with van der Waals surface area (Å²) in [6.07, 6.45) is 21.3. The van der Waals surface area contributed by atoms with E-state index in [2.05, 4.69) is 31.2 Å². The van der Waals surface area contributed by atoms with Crippen molar-refractivity contribution in [2.45, 2.75) is 51.9 Å². The van der Waals surface area contributed by atoms with Crippen LogP contribution in [0.1, 0.15) is 51.9 Å². The van der Waals surface area contributed by atoms with E-state index in [9.17, 15) is 4.79 Å². The molecule has 0 heterocycles. The first kappa shape index (κ1) is 14.9. The Morgan fingerprint density at radius 3 is 1.88 bits per heavy atom. The number of allylic oxidation sites excluding steroid dienone is 6. The van der Waals surface area contributed by atoms with Crippen LogP contribution in [0.5, 0.6) is 0 Å². The lowest BCUT2D eigenvalue weighted by Crippen LogP contribution is -1.70. The number of carbonyl (C=O) groups is 1. The Morgan fingerprint density at radius 1 is 0.750 bits per heavy atom. The lowest BCUT2D eigenvalue weighted by Gasteiger charge is -1.90. The van der Waals surface area contributed by atoms with Gasteiger partial charge in [-0.2, -0.15) is 0 Å². The van der Waals surface area contributed by atoms with Crippen LogP contribution in [0.4, 0.5) is 0 Å². The van der Waals surface area contributed by atoms with Crippen molar-refractivity contribution in [1.82, 2.24) is 0 Å². The molecule has 0 atom stereocenters. The van der Waals surface area contributed by atoms with Crippen molar-refractivity contribution < 1.29 is 4.79 Å². The maximum Gasteiger partial charge on any atom is 0.123 e. The summed E-state index contributed by atoms with van der Waals surface area (Å²) in [5.41, 5.74) is 0. The highest BCUT2D eigenvalue weighted by Gasteiger charge is 1.80. The monoisotopic (exact) mass is 220 g/mol. The molecular formula is C15H24O. The molecule has 0 aromatic heterocycles. The number of hydrogen-bond acceptors (Lipinski definition) is 1. The molecule has 0 aromatic carbocycles. The summed E-state index contributed by atoms with van der Waals surface area (Å²) < 4.78 is 0. The third kappa shape index (κ3) is 12.9. The highest BCUT2D eigenvalue weighted by Crippen LogP contribution is 2.00. The average molecular weight is 220 g/mol. The van der Waals surface area contributed by atoms with Crippen molar-refractivity contribution in [3.8, 4) is 0 Å². The Labute approximate surface area is 99.9 Å². The van der Waals surface area contributed by atoms with Crippen LogP contribution in [0.15, 0.2) is 36.5 Å². The molecule has 0 aromatic rings. The van der Waals surface area contributed by atoms with E-state index in [0.717, 1.165) is 19.1 Å². The van der Waals surface area contributed by atoms with Crippen molar-refractivity contribution in [3.63, 3.8) is 0 Å². The molecule has 1 nitrogen and oxygen atoms in total. The van der Waals surface area contributed by atoms with E-state index in [1.807, 2.05) is 12.2 Å². The van der Waals surface area contributed by atoms with Crippen LogP contribution in [-0.4, -0.2) is 6.29 Å². The fourth-order valence-corrected chi connectivity index (χ4v) is 1.32. The van der Waals surface area contributed by atoms with E-state index in [-0.39, 0.29) is 0 Å². The second-order valence-electron chi connectivity index (χ2n) is 3.78. The molecule has 0 rings (SSSR count). The second kappa shape index (κ2) is 13.9. The van der Waals surface area contributed by atoms with Crippen LogP contribution < -0.4 is 0 Å². The topological polar surface area (TPSA) is 17.1 Å². The fraction of sp³-hybridized carbons (Fsp3) is 0.533. The minimum Gasteiger partial charge on any atom is -0.303 e. The lowest BCUT2D eigenvalue weighted by molar-refractivity contribution is -0.107. The molecule has 0 N–H and O–H groups in total. The summed E-state index contributed by atoms with van der Waals surface area (Å²) in [6, 6.07) is 0. The first-order chi connectivity index (χ1) is 7.91. The van der Waals surface area contributed by atoms with Crippen molar-refractivity contribution in [1.29, 1.82) is 0 Å². The van der Waals surface area contributed by atoms with Crippen LogP contribution in [0.3, 0.4) is 0 Å². The SMILES string of the molecule is CCCCCC=CCC=CCC=CCC=O. The van der Waals surface area contributed by atoms with Crippen molar-refractivity contribution >= 4 is 6.29 Å². The number of unbranched alkanes of at least 4 members (excludes halogenated alkanes) is 3. The third-order valence-electron chi connectivity index (χ3n) is 2.25. The Bertz CT molecular complexity index is 224. The van der Waals surface area contributed by atoms with Gasteiger partial charge in [0.2, 0.25) is 0 Å². The summed E-state index contributed by atoms with van der Waals surface area (Å²) in [5, 5.41) is 0. The van der Waals surface area contributed by atoms with Gasteiger partial charge in [-0.15, -0.1) is 0 Å². The molecule has 0 spiro atoms. The molecule has 1 heteroatoms. The fourth-order valence-electron chi connectivity index (χ4n) is 1.32. The maximum absolute atomic E-state index is 10.0. The highest BCUT2D eigenvalue weighted by atomic mass is 16.1. The quantitative estimate of drug-likeness (QED) is 0.298. The number of aldehydes is 1. The maximum atomic E-state index is 10.0. The largest absolute Gasteiger partial charge is 0.303 e. The van der Waals surface area contributed by atoms with Gasteiger partial charge in [-0.05, 0) is 25.7 Å². The van der Waals surface area contributed by atoms with Crippen LogP contribution in [0, 0.1) is 0 Å². The van der Waals surface area contributed by atoms with Gasteiger partial charge in [0.15, 0.2) is 0 Å². The Hall–Kier alpha value is -1.11. The Balaban J connectivity index is 3.29. The van der Waals surface area contributed by atoms with Crippen molar-refractivity contribution in [3.05, 3.63) is 36.5 Å². The van der Waals surface area contributed by atoms with Gasteiger partial charge in [0.1, 0.15) is 6.29 Å². The van der Waals surface area contributed by atoms with Crippen molar-refractivity contribution in [2.24, 2.45) is 0 Å². The van der Waals surface area contributed by atoms with Gasteiger partial charge in [0.25, 0.3) is 0 Å². The molecule has 0 aliphatic carbocycles. The molecule has 0 radical (unpaired) electrons. The van der Waals surface area contributed by atoms with Crippen LogP contribution in [0.2, 0.25) is 0 Å². The second-order valence-corrected chi connectivity index (χ2v) is 3.78. The summed E-state index contributed by atoms with van der Waals surface area (Å²) in [6.45, 7) is 2.23. The molecule has 0 bridgehead atoms. The molecule has 0 aliphatic rings. The van der Waals surface area contributed by atoms with E-state index in [4.69, 9.17) is 0 Å². The predicted molar refractivity (Wildman–Crippen MR) is 71.5 cm³/mol. The molecule has 16 heavy (non-hydrogen) atoms. The first-order valence-corrected chi connectivity index (χ1v) is 6.30. The van der Waals surface area contributed by atoms with Crippen LogP contribution in [0.25, 0.3) is 0 Å². The molecule has 0 saturated carbocycles. The first-order valence-electron chi connectivity index (χ1n) is 6.30. The molecule has 0 aliphatic heterocycles. The minimum absolute atomic E-state index is 0.533. The van der Waals surface area contributed by atoms with Gasteiger partial charge in [-0.3, -0.25) is 0 Å². The van der Waals surface area contributed by atoms with Gasteiger partial charge in [-0.1, -0.05) is 56.2 Å². The third-order valence-corrected chi connectivity index (χ3v) is 2.25. The molecule has 0 unspecified atom stereocenters. The van der Waals surface area contributed by atoms with E-state index >= 15 is 0 Å². The number of hydrogen-bond donors (Lipinski definition) is 0. The average Bonchev–Trinajstić information content (AvgIpc) is 2.31. The molecule has 90 valence electrons. The zero-order valence-electron chi connectivity index (χ0n) is 10.4. The number of carbonyl (C=O) groups excluding carboxylic acids is 1. The molecule has 0 fully saturated rings. The summed E-state index contributed by atoms with van der Waals surface area (Å²) in [4.78, 5) is 10.0. The Kier molecular flexibility index (Phi) is 12.9. The highest BCUT2D eigenvalue weighted by molar-refractivity contribution is 5.51. The normalized spacial score (nSPS) is 12.1. The van der Waals surface area contributed by atoms with Crippen LogP contribution >= 0.6 is 0 Å². The van der Waals surface area contributed by atoms with Gasteiger partial charge >= 0.3 is 0 Å². The van der Waals surface area contributed by atoms with E-state index in [0.29, 0.717) is 6.42 Å². The smallest absolute Gasteiger partial charge is 0.123 e. The van der Waals surface area contributed by atoms with E-state index in [1.165, 1.54) is 25.7 Å². The van der Waals surface area contributed by atoms with Gasteiger partial charge < -0.3 is 4.79 Å². The minimum atomic E-state index is 0.533. The zero-order chi connectivity index (χ0) is 11.9. The lowest BCUT2D eigenvalue weighted by atomic mass is 10.2. The summed E-state index contributed by atoms with van der Waals surface area (Å²) >= 11 is 0. The van der Waals surface area contributed by atoms with Crippen molar-refractivity contribution in [2.75, 3.05) is 0 Å². The van der Waals surface area contributed by atoms with E-state index < -0.39 is 0 Å². The van der Waals surface area contributed by atoms with Gasteiger partial charge in [0.05, 0.1) is 0 Å². The molecular weight excluding hydrogens is 196 g/mol. The van der Waals surface area contributed by atoms with Gasteiger partial charge in [0, 0.05) is 6.42 Å². The number of rotatable bonds is 10.